The summed E-state index contributed by atoms with van der Waals surface area (Å²) in [4.78, 5) is 13.9. The van der Waals surface area contributed by atoms with Crippen LogP contribution in [-0.2, 0) is 4.79 Å². The third-order valence-electron chi connectivity index (χ3n) is 3.93. The molecule has 2 unspecified atom stereocenters. The van der Waals surface area contributed by atoms with Crippen molar-refractivity contribution in [2.45, 2.75) is 65.1 Å². The second kappa shape index (κ2) is 4.02. The van der Waals surface area contributed by atoms with E-state index in [1.165, 1.54) is 12.8 Å². The Bertz CT molecular complexity index is 278. The van der Waals surface area contributed by atoms with Crippen LogP contribution in [0, 0.1) is 5.41 Å². The molecule has 3 nitrogen and oxygen atoms in total. The molecule has 0 radical (unpaired) electrons. The Morgan fingerprint density at radius 2 is 2.00 bits per heavy atom. The molecule has 0 bridgehead atoms. The molecule has 0 aromatic heterocycles. The number of hydrogen-bond donors (Lipinski definition) is 1. The second-order valence-corrected chi connectivity index (χ2v) is 6.43. The molecule has 2 atom stereocenters. The van der Waals surface area contributed by atoms with E-state index in [0.717, 1.165) is 6.54 Å². The van der Waals surface area contributed by atoms with E-state index >= 15 is 0 Å². The molecule has 0 aromatic rings. The molecular formula is C13H24N2O. The summed E-state index contributed by atoms with van der Waals surface area (Å²) in [6.45, 7) is 9.84. The second-order valence-electron chi connectivity index (χ2n) is 6.43. The van der Waals surface area contributed by atoms with Gasteiger partial charge >= 0.3 is 0 Å². The van der Waals surface area contributed by atoms with Crippen molar-refractivity contribution in [3.8, 4) is 0 Å². The molecule has 0 aromatic carbocycles. The summed E-state index contributed by atoms with van der Waals surface area (Å²) in [5.74, 6) is 0.348. The van der Waals surface area contributed by atoms with E-state index in [9.17, 15) is 4.79 Å². The van der Waals surface area contributed by atoms with Crippen molar-refractivity contribution in [3.05, 3.63) is 0 Å². The fourth-order valence-electron chi connectivity index (χ4n) is 2.19. The number of likely N-dealkylation sites (tertiary alicyclic amines) is 1. The van der Waals surface area contributed by atoms with Gasteiger partial charge < -0.3 is 10.2 Å². The van der Waals surface area contributed by atoms with E-state index in [0.29, 0.717) is 30.5 Å². The molecule has 2 rings (SSSR count). The van der Waals surface area contributed by atoms with Gasteiger partial charge in [-0.05, 0) is 25.2 Å². The van der Waals surface area contributed by atoms with Crippen molar-refractivity contribution < 1.29 is 4.79 Å². The fourth-order valence-corrected chi connectivity index (χ4v) is 2.19. The summed E-state index contributed by atoms with van der Waals surface area (Å²) >= 11 is 0. The van der Waals surface area contributed by atoms with Crippen LogP contribution in [-0.4, -0.2) is 35.5 Å². The number of carbonyl (C=O) groups is 1. The zero-order valence-corrected chi connectivity index (χ0v) is 10.9. The Labute approximate surface area is 98.6 Å². The van der Waals surface area contributed by atoms with Gasteiger partial charge in [0.25, 0.3) is 0 Å². The highest BCUT2D eigenvalue weighted by atomic mass is 16.2. The first kappa shape index (κ1) is 11.9. The minimum atomic E-state index is 0.260. The average molecular weight is 224 g/mol. The highest BCUT2D eigenvalue weighted by molar-refractivity contribution is 5.80. The van der Waals surface area contributed by atoms with E-state index in [-0.39, 0.29) is 5.41 Å². The Morgan fingerprint density at radius 3 is 2.50 bits per heavy atom. The van der Waals surface area contributed by atoms with Crippen LogP contribution in [0.4, 0.5) is 0 Å². The van der Waals surface area contributed by atoms with Crippen LogP contribution in [0.2, 0.25) is 0 Å². The summed E-state index contributed by atoms with van der Waals surface area (Å²) in [7, 11) is 0. The average Bonchev–Trinajstić information content (AvgIpc) is 2.90. The van der Waals surface area contributed by atoms with Crippen molar-refractivity contribution in [1.82, 2.24) is 10.2 Å². The zero-order valence-electron chi connectivity index (χ0n) is 10.9. The van der Waals surface area contributed by atoms with Crippen LogP contribution >= 0.6 is 0 Å². The summed E-state index contributed by atoms with van der Waals surface area (Å²) in [6, 6.07) is 1.39. The quantitative estimate of drug-likeness (QED) is 0.792. The monoisotopic (exact) mass is 224 g/mol. The summed E-state index contributed by atoms with van der Waals surface area (Å²) in [5, 5.41) is 3.60. The van der Waals surface area contributed by atoms with Crippen LogP contribution in [0.15, 0.2) is 0 Å². The van der Waals surface area contributed by atoms with Gasteiger partial charge in [-0.15, -0.1) is 0 Å². The molecule has 1 saturated carbocycles. The maximum Gasteiger partial charge on any atom is 0.224 e. The molecule has 92 valence electrons. The van der Waals surface area contributed by atoms with Gasteiger partial charge in [0.1, 0.15) is 0 Å². The first-order chi connectivity index (χ1) is 7.38. The van der Waals surface area contributed by atoms with Gasteiger partial charge in [0.05, 0.1) is 0 Å². The standard InChI is InChI=1S/C13H24N2O/c1-9(13(2,3)4)14-10-7-12(16)15(8-10)11-5-6-11/h9-11,14H,5-8H2,1-4H3. The van der Waals surface area contributed by atoms with Crippen LogP contribution in [0.5, 0.6) is 0 Å². The maximum atomic E-state index is 11.8. The lowest BCUT2D eigenvalue weighted by Gasteiger charge is -2.30. The molecule has 16 heavy (non-hydrogen) atoms. The normalized spacial score (nSPS) is 28.6. The van der Waals surface area contributed by atoms with Gasteiger partial charge in [-0.2, -0.15) is 0 Å². The van der Waals surface area contributed by atoms with Crippen LogP contribution in [0.1, 0.15) is 47.0 Å². The van der Waals surface area contributed by atoms with Crippen molar-refractivity contribution in [1.29, 1.82) is 0 Å². The van der Waals surface area contributed by atoms with Gasteiger partial charge in [-0.25, -0.2) is 0 Å². The predicted octanol–water partition coefficient (Wildman–Crippen LogP) is 1.77. The summed E-state index contributed by atoms with van der Waals surface area (Å²) in [5.41, 5.74) is 0.260. The zero-order chi connectivity index (χ0) is 11.9. The van der Waals surface area contributed by atoms with Gasteiger partial charge in [-0.1, -0.05) is 20.8 Å². The molecule has 1 amide bonds. The van der Waals surface area contributed by atoms with Gasteiger partial charge in [0.15, 0.2) is 0 Å². The third-order valence-corrected chi connectivity index (χ3v) is 3.93. The van der Waals surface area contributed by atoms with Crippen molar-refractivity contribution in [2.75, 3.05) is 6.54 Å². The largest absolute Gasteiger partial charge is 0.338 e. The third kappa shape index (κ3) is 2.57. The Balaban J connectivity index is 1.86. The van der Waals surface area contributed by atoms with Crippen molar-refractivity contribution in [2.24, 2.45) is 5.41 Å². The molecular weight excluding hydrogens is 200 g/mol. The Kier molecular flexibility index (Phi) is 2.99. The van der Waals surface area contributed by atoms with Crippen LogP contribution < -0.4 is 5.32 Å². The van der Waals surface area contributed by atoms with E-state index < -0.39 is 0 Å². The Hall–Kier alpha value is -0.570. The van der Waals surface area contributed by atoms with Crippen molar-refractivity contribution in [3.63, 3.8) is 0 Å². The van der Waals surface area contributed by atoms with Gasteiger partial charge in [0.2, 0.25) is 5.91 Å². The SMILES string of the molecule is CC(NC1CC(=O)N(C2CC2)C1)C(C)(C)C. The van der Waals surface area contributed by atoms with E-state index in [1.807, 2.05) is 0 Å². The predicted molar refractivity (Wildman–Crippen MR) is 65.2 cm³/mol. The number of nitrogens with zero attached hydrogens (tertiary/aromatic N) is 1. The smallest absolute Gasteiger partial charge is 0.224 e. The molecule has 0 spiro atoms. The minimum Gasteiger partial charge on any atom is -0.338 e. The van der Waals surface area contributed by atoms with E-state index in [1.54, 1.807) is 0 Å². The number of carbonyl (C=O) groups excluding carboxylic acids is 1. The van der Waals surface area contributed by atoms with E-state index in [4.69, 9.17) is 0 Å². The molecule has 1 aliphatic heterocycles. The highest BCUT2D eigenvalue weighted by Crippen LogP contribution is 2.31. The highest BCUT2D eigenvalue weighted by Gasteiger charge is 2.40. The topological polar surface area (TPSA) is 32.3 Å². The molecule has 2 fully saturated rings. The lowest BCUT2D eigenvalue weighted by atomic mass is 9.87. The number of rotatable bonds is 3. The molecule has 1 heterocycles. The molecule has 1 saturated heterocycles. The van der Waals surface area contributed by atoms with Crippen LogP contribution in [0.3, 0.4) is 0 Å². The lowest BCUT2D eigenvalue weighted by molar-refractivity contribution is -0.128. The minimum absolute atomic E-state index is 0.260. The summed E-state index contributed by atoms with van der Waals surface area (Å²) in [6.07, 6.45) is 3.12. The number of nitrogens with one attached hydrogen (secondary N) is 1. The molecule has 2 aliphatic rings. The number of hydrogen-bond acceptors (Lipinski definition) is 2. The first-order valence-corrected chi connectivity index (χ1v) is 6.43. The molecule has 1 N–H and O–H groups in total. The molecule has 3 heteroatoms. The van der Waals surface area contributed by atoms with Crippen LogP contribution in [0.25, 0.3) is 0 Å². The first-order valence-electron chi connectivity index (χ1n) is 6.43. The van der Waals surface area contributed by atoms with Crippen molar-refractivity contribution >= 4 is 5.91 Å². The molecule has 1 aliphatic carbocycles. The van der Waals surface area contributed by atoms with Gasteiger partial charge in [-0.3, -0.25) is 4.79 Å². The van der Waals surface area contributed by atoms with E-state index in [2.05, 4.69) is 37.9 Å². The maximum absolute atomic E-state index is 11.8. The summed E-state index contributed by atoms with van der Waals surface area (Å²) < 4.78 is 0. The Morgan fingerprint density at radius 1 is 1.38 bits per heavy atom. The number of amides is 1. The fraction of sp³-hybridized carbons (Fsp3) is 0.923. The van der Waals surface area contributed by atoms with Gasteiger partial charge in [0, 0.05) is 31.1 Å². The lowest BCUT2D eigenvalue weighted by Crippen LogP contribution is -2.45.